The minimum absolute atomic E-state index is 0. The Hall–Kier alpha value is -6.13. The van der Waals surface area contributed by atoms with Crippen molar-refractivity contribution < 1.29 is 88.5 Å². The standard InChI is InChI=1S/C47H50FN4O15.Co/c1-8-47(60)28-14-32-38-26(18-52(32)40(55)27(28)20-62-43(47)57)37-30(11-10-25-21(2)29(48)15-31(50-38)36(25)37)51-45(59)63-19-23-9-12-33(24(13-23)17-49-44(58)67-46(4,5)6)65-42-39(54)34(64-22(3)53)16-35(66-42)41(56)61-7;/h9,12-16,30,34-35,39,42,54,60H,8,10-11,17-20H2,1-7H3,(H,49,58)(H,51,59);/q-1;/t30-,34-,35-,39+,42+,47-;/m0./s1. The van der Waals surface area contributed by atoms with Crippen LogP contribution in [0.5, 0.6) is 5.75 Å². The maximum absolute atomic E-state index is 15.4. The fourth-order valence-corrected chi connectivity index (χ4v) is 8.97. The molecule has 0 saturated carbocycles. The Bertz CT molecular complexity index is 2790. The van der Waals surface area contributed by atoms with E-state index in [1.807, 2.05) is 0 Å². The fraction of sp³-hybridized carbons (Fsp3) is 0.447. The third-order valence-corrected chi connectivity index (χ3v) is 12.2. The van der Waals surface area contributed by atoms with Crippen molar-refractivity contribution in [2.24, 2.45) is 0 Å². The van der Waals surface area contributed by atoms with Gasteiger partial charge in [0.1, 0.15) is 36.5 Å². The predicted octanol–water partition coefficient (Wildman–Crippen LogP) is 4.24. The van der Waals surface area contributed by atoms with E-state index in [4.69, 9.17) is 38.1 Å². The van der Waals surface area contributed by atoms with Gasteiger partial charge in [-0.2, -0.15) is 0 Å². The molecule has 1 fully saturated rings. The van der Waals surface area contributed by atoms with Crippen molar-refractivity contribution in [3.8, 4) is 17.1 Å². The number of halogens is 1. The van der Waals surface area contributed by atoms with Crippen molar-refractivity contribution in [1.82, 2.24) is 20.2 Å². The first-order valence-corrected chi connectivity index (χ1v) is 21.6. The molecule has 2 aromatic heterocycles. The summed E-state index contributed by atoms with van der Waals surface area (Å²) in [7, 11) is 1.13. The largest absolute Gasteiger partial charge is 0.493 e. The first kappa shape index (κ1) is 49.8. The smallest absolute Gasteiger partial charge is 0.407 e. The van der Waals surface area contributed by atoms with E-state index in [1.54, 1.807) is 52.8 Å². The molecule has 5 heterocycles. The molecule has 0 bridgehead atoms. The summed E-state index contributed by atoms with van der Waals surface area (Å²) in [5.74, 6) is -2.84. The monoisotopic (exact) mass is 988 g/mol. The van der Waals surface area contributed by atoms with Gasteiger partial charge < -0.3 is 58.6 Å². The summed E-state index contributed by atoms with van der Waals surface area (Å²) in [5, 5.41) is 28.7. The second-order valence-electron chi connectivity index (χ2n) is 17.7. The fourth-order valence-electron chi connectivity index (χ4n) is 8.97. The maximum Gasteiger partial charge on any atom is 0.407 e. The molecule has 21 heteroatoms. The summed E-state index contributed by atoms with van der Waals surface area (Å²) in [6.45, 7) is 8.74. The molecular weight excluding hydrogens is 938 g/mol. The number of rotatable bonds is 10. The summed E-state index contributed by atoms with van der Waals surface area (Å²) in [6, 6.07) is 6.80. The van der Waals surface area contributed by atoms with E-state index in [2.05, 4.69) is 10.6 Å². The molecule has 1 radical (unpaired) electrons. The molecular formula is C47H50CoFN4O15-. The second-order valence-corrected chi connectivity index (χ2v) is 17.7. The van der Waals surface area contributed by atoms with E-state index >= 15 is 4.39 Å². The minimum Gasteiger partial charge on any atom is -0.493 e. The Morgan fingerprint density at radius 1 is 1.09 bits per heavy atom. The van der Waals surface area contributed by atoms with Gasteiger partial charge >= 0.3 is 24.1 Å². The number of aliphatic hydroxyl groups is 2. The van der Waals surface area contributed by atoms with Crippen molar-refractivity contribution in [2.45, 2.75) is 129 Å². The molecule has 365 valence electrons. The number of aliphatic hydroxyl groups excluding tert-OH is 1. The number of aromatic nitrogens is 2. The number of hydrogen-bond acceptors (Lipinski definition) is 16. The third-order valence-electron chi connectivity index (χ3n) is 12.2. The molecule has 19 nitrogen and oxygen atoms in total. The number of ether oxygens (including phenoxy) is 7. The molecule has 4 aliphatic rings. The van der Waals surface area contributed by atoms with Crippen molar-refractivity contribution in [3.05, 3.63) is 97.4 Å². The van der Waals surface area contributed by atoms with Crippen molar-refractivity contribution in [2.75, 3.05) is 7.11 Å². The second kappa shape index (κ2) is 19.1. The van der Waals surface area contributed by atoms with Gasteiger partial charge in [-0.15, -0.1) is 0 Å². The predicted molar refractivity (Wildman–Crippen MR) is 230 cm³/mol. The maximum atomic E-state index is 15.4. The van der Waals surface area contributed by atoms with Gasteiger partial charge in [0.15, 0.2) is 5.60 Å². The van der Waals surface area contributed by atoms with E-state index in [9.17, 15) is 39.0 Å². The van der Waals surface area contributed by atoms with Crippen LogP contribution in [0.1, 0.15) is 98.0 Å². The van der Waals surface area contributed by atoms with Gasteiger partial charge in [-0.3, -0.25) is 14.4 Å². The zero-order valence-electron chi connectivity index (χ0n) is 38.1. The minimum atomic E-state index is -2.06. The molecule has 4 aromatic rings. The topological polar surface area (TPSA) is 249 Å². The van der Waals surface area contributed by atoms with Crippen LogP contribution in [0.15, 0.2) is 35.1 Å². The molecule has 8 rings (SSSR count). The number of aryl methyl sites for hydroxylation is 1. The van der Waals surface area contributed by atoms with Crippen LogP contribution in [0.3, 0.4) is 0 Å². The first-order valence-electron chi connectivity index (χ1n) is 21.6. The number of carbonyl (C=O) groups is 5. The van der Waals surface area contributed by atoms with E-state index < -0.39 is 83.3 Å². The SMILES string of the molecule is CC[C@@]1(O)C(=O)OCc2c1cc1n(c2=O)Cc2c-1nc1cc(F)c(C)c3c1c2[C@@H](NC(=O)OCc1ccc(O[C@@H]2O[C@H](C(=O)OC)[CH-][C@H](OC(C)=O)[C@H]2O)c(CNC(=O)OC(C)(C)C)c1)CC3.[Co]. The van der Waals surface area contributed by atoms with Crippen LogP contribution in [0, 0.1) is 19.2 Å². The van der Waals surface area contributed by atoms with Gasteiger partial charge in [-0.05, 0) is 87.4 Å². The molecule has 68 heavy (non-hydrogen) atoms. The number of nitrogens with one attached hydrogen (secondary N) is 2. The van der Waals surface area contributed by atoms with Gasteiger partial charge in [0.2, 0.25) is 6.29 Å². The van der Waals surface area contributed by atoms with Crippen molar-refractivity contribution >= 4 is 41.0 Å². The summed E-state index contributed by atoms with van der Waals surface area (Å²) >= 11 is 0. The van der Waals surface area contributed by atoms with Crippen LogP contribution < -0.4 is 20.9 Å². The van der Waals surface area contributed by atoms with Gasteiger partial charge in [-0.1, -0.05) is 13.0 Å². The summed E-state index contributed by atoms with van der Waals surface area (Å²) in [4.78, 5) is 82.5. The van der Waals surface area contributed by atoms with Crippen LogP contribution in [0.25, 0.3) is 22.3 Å². The van der Waals surface area contributed by atoms with E-state index in [-0.39, 0.29) is 66.4 Å². The number of nitrogens with zero attached hydrogens (tertiary/aromatic N) is 2. The zero-order valence-corrected chi connectivity index (χ0v) is 39.1. The van der Waals surface area contributed by atoms with Crippen LogP contribution >= 0.6 is 0 Å². The molecule has 0 spiro atoms. The molecule has 6 atom stereocenters. The van der Waals surface area contributed by atoms with E-state index in [0.29, 0.717) is 62.9 Å². The number of pyridine rings is 2. The van der Waals surface area contributed by atoms with Crippen LogP contribution in [-0.2, 0) is 97.9 Å². The summed E-state index contributed by atoms with van der Waals surface area (Å²) < 4.78 is 55.0. The normalized spacial score (nSPS) is 22.3. The average molecular weight is 989 g/mol. The van der Waals surface area contributed by atoms with Gasteiger partial charge in [0.25, 0.3) is 11.5 Å². The Kier molecular flexibility index (Phi) is 14.0. The molecule has 1 saturated heterocycles. The number of amides is 2. The number of cyclic esters (lactones) is 1. The Balaban J connectivity index is 0.00000684. The van der Waals surface area contributed by atoms with Crippen LogP contribution in [-0.4, -0.2) is 87.2 Å². The Morgan fingerprint density at radius 3 is 2.53 bits per heavy atom. The van der Waals surface area contributed by atoms with Gasteiger partial charge in [0.05, 0.1) is 42.2 Å². The quantitative estimate of drug-likeness (QED) is 0.0868. The molecule has 0 unspecified atom stereocenters. The van der Waals surface area contributed by atoms with Crippen LogP contribution in [0.2, 0.25) is 0 Å². The first-order chi connectivity index (χ1) is 31.7. The van der Waals surface area contributed by atoms with Gasteiger partial charge in [-0.25, -0.2) is 30.2 Å². The van der Waals surface area contributed by atoms with Crippen LogP contribution in [0.4, 0.5) is 14.0 Å². The van der Waals surface area contributed by atoms with E-state index in [1.165, 1.54) is 23.1 Å². The average Bonchev–Trinajstić information content (AvgIpc) is 3.65. The third kappa shape index (κ3) is 9.36. The molecule has 4 N–H and O–H groups in total. The number of esters is 3. The molecule has 2 amide bonds. The number of hydrogen-bond donors (Lipinski definition) is 4. The van der Waals surface area contributed by atoms with E-state index in [0.717, 1.165) is 19.6 Å². The summed E-state index contributed by atoms with van der Waals surface area (Å²) in [5.41, 5.74) is 1.02. The molecule has 1 aliphatic carbocycles. The number of alkyl carbamates (subject to hydrolysis) is 2. The summed E-state index contributed by atoms with van der Waals surface area (Å²) in [6.07, 6.45) is -5.57. The molecule has 2 aromatic carbocycles. The Labute approximate surface area is 399 Å². The number of fused-ring (bicyclic) bond motifs is 5. The van der Waals surface area contributed by atoms with Crippen molar-refractivity contribution in [3.63, 3.8) is 0 Å². The van der Waals surface area contributed by atoms with Crippen molar-refractivity contribution in [1.29, 1.82) is 0 Å². The van der Waals surface area contributed by atoms with Gasteiger partial charge in [0, 0.05) is 70.6 Å². The Morgan fingerprint density at radius 2 is 1.84 bits per heavy atom. The number of carbonyl (C=O) groups excluding carboxylic acids is 5. The number of benzene rings is 2. The molecule has 3 aliphatic heterocycles. The number of methoxy groups -OCH3 is 1. The zero-order chi connectivity index (χ0) is 48.3.